The van der Waals surface area contributed by atoms with E-state index in [1.54, 1.807) is 6.92 Å². The van der Waals surface area contributed by atoms with Gasteiger partial charge < -0.3 is 25.6 Å². The van der Waals surface area contributed by atoms with E-state index in [4.69, 9.17) is 14.9 Å². The van der Waals surface area contributed by atoms with E-state index in [0.29, 0.717) is 6.61 Å². The molecule has 0 aromatic heterocycles. The average Bonchev–Trinajstić information content (AvgIpc) is 2.80. The fraction of sp³-hybridized carbons (Fsp3) is 0.727. The Morgan fingerprint density at radius 3 is 2.47 bits per heavy atom. The molecule has 8 nitrogen and oxygen atoms in total. The Kier molecular flexibility index (Phi) is 5.56. The highest BCUT2D eigenvalue weighted by atomic mass is 16.5. The molecule has 8 heteroatoms. The molecule has 0 saturated carbocycles. The molecule has 3 unspecified atom stereocenters. The number of carbonyl (C=O) groups is 3. The lowest BCUT2D eigenvalue weighted by atomic mass is 10.1. The molecule has 1 aliphatic rings. The van der Waals surface area contributed by atoms with Crippen LogP contribution >= 0.6 is 0 Å². The molecule has 0 bridgehead atoms. The van der Waals surface area contributed by atoms with Crippen LogP contribution in [0.5, 0.6) is 0 Å². The second-order valence-electron chi connectivity index (χ2n) is 4.45. The summed E-state index contributed by atoms with van der Waals surface area (Å²) in [5, 5.41) is 22.0. The highest BCUT2D eigenvalue weighted by Crippen LogP contribution is 2.15. The molecule has 1 saturated heterocycles. The van der Waals surface area contributed by atoms with Crippen molar-refractivity contribution in [1.82, 2.24) is 10.6 Å². The summed E-state index contributed by atoms with van der Waals surface area (Å²) in [6.07, 6.45) is 0.999. The zero-order valence-corrected chi connectivity index (χ0v) is 10.6. The van der Waals surface area contributed by atoms with Crippen LogP contribution in [-0.2, 0) is 14.3 Å². The van der Waals surface area contributed by atoms with Gasteiger partial charge in [-0.3, -0.25) is 4.79 Å². The van der Waals surface area contributed by atoms with E-state index in [9.17, 15) is 14.4 Å². The van der Waals surface area contributed by atoms with Crippen LogP contribution in [-0.4, -0.2) is 53.0 Å². The lowest BCUT2D eigenvalue weighted by Gasteiger charge is -2.21. The van der Waals surface area contributed by atoms with Gasteiger partial charge in [0.1, 0.15) is 6.04 Å². The molecule has 3 atom stereocenters. The topological polar surface area (TPSA) is 125 Å². The fourth-order valence-electron chi connectivity index (χ4n) is 1.87. The van der Waals surface area contributed by atoms with Crippen molar-refractivity contribution < 1.29 is 29.3 Å². The summed E-state index contributed by atoms with van der Waals surface area (Å²) in [5.41, 5.74) is 0. The molecule has 2 amide bonds. The van der Waals surface area contributed by atoms with Gasteiger partial charge in [-0.1, -0.05) is 0 Å². The van der Waals surface area contributed by atoms with Crippen LogP contribution in [0.25, 0.3) is 0 Å². The molecular formula is C11H18N2O6. The second kappa shape index (κ2) is 6.93. The summed E-state index contributed by atoms with van der Waals surface area (Å²) in [5.74, 6) is -2.68. The van der Waals surface area contributed by atoms with Crippen molar-refractivity contribution in [2.45, 2.75) is 44.4 Å². The van der Waals surface area contributed by atoms with Gasteiger partial charge in [0.15, 0.2) is 0 Å². The normalized spacial score (nSPS) is 21.4. The molecule has 0 aromatic rings. The van der Waals surface area contributed by atoms with Gasteiger partial charge in [-0.15, -0.1) is 0 Å². The first-order valence-electron chi connectivity index (χ1n) is 6.03. The molecule has 1 aliphatic heterocycles. The molecular weight excluding hydrogens is 256 g/mol. The number of rotatable bonds is 6. The molecule has 0 aromatic carbocycles. The molecule has 0 radical (unpaired) electrons. The summed E-state index contributed by atoms with van der Waals surface area (Å²) in [4.78, 5) is 32.8. The zero-order chi connectivity index (χ0) is 14.4. The fourth-order valence-corrected chi connectivity index (χ4v) is 1.87. The van der Waals surface area contributed by atoms with E-state index in [1.807, 2.05) is 0 Å². The average molecular weight is 274 g/mol. The summed E-state index contributed by atoms with van der Waals surface area (Å²) < 4.78 is 5.38. The predicted octanol–water partition coefficient (Wildman–Crippen LogP) is -0.219. The number of aliphatic carboxylic acids is 2. The minimum absolute atomic E-state index is 0.0894. The van der Waals surface area contributed by atoms with Crippen LogP contribution in [0.2, 0.25) is 0 Å². The molecule has 1 rings (SSSR count). The molecule has 108 valence electrons. The third-order valence-corrected chi connectivity index (χ3v) is 2.86. The molecule has 0 aliphatic carbocycles. The second-order valence-corrected chi connectivity index (χ2v) is 4.45. The Morgan fingerprint density at radius 2 is 2.00 bits per heavy atom. The van der Waals surface area contributed by atoms with E-state index in [2.05, 4.69) is 10.6 Å². The molecule has 19 heavy (non-hydrogen) atoms. The van der Waals surface area contributed by atoms with Crippen molar-refractivity contribution in [3.05, 3.63) is 0 Å². The van der Waals surface area contributed by atoms with Crippen molar-refractivity contribution in [2.75, 3.05) is 6.61 Å². The Labute approximate surface area is 110 Å². The maximum atomic E-state index is 11.6. The number of amides is 2. The summed E-state index contributed by atoms with van der Waals surface area (Å²) in [7, 11) is 0. The monoisotopic (exact) mass is 274 g/mol. The maximum Gasteiger partial charge on any atom is 0.326 e. The number of ether oxygens (including phenoxy) is 1. The van der Waals surface area contributed by atoms with Crippen molar-refractivity contribution in [2.24, 2.45) is 0 Å². The van der Waals surface area contributed by atoms with E-state index in [-0.39, 0.29) is 12.1 Å². The third kappa shape index (κ3) is 5.12. The van der Waals surface area contributed by atoms with Gasteiger partial charge in [-0.25, -0.2) is 9.59 Å². The first kappa shape index (κ1) is 15.2. The Hall–Kier alpha value is -1.83. The van der Waals surface area contributed by atoms with Crippen LogP contribution in [0, 0.1) is 0 Å². The number of nitrogens with one attached hydrogen (secondary N) is 2. The lowest BCUT2D eigenvalue weighted by Crippen LogP contribution is -2.51. The van der Waals surface area contributed by atoms with Gasteiger partial charge in [-0.05, 0) is 19.8 Å². The van der Waals surface area contributed by atoms with Gasteiger partial charge in [0.25, 0.3) is 0 Å². The Bertz CT molecular complexity index is 353. The third-order valence-electron chi connectivity index (χ3n) is 2.86. The zero-order valence-electron chi connectivity index (χ0n) is 10.6. The number of carbonyl (C=O) groups excluding carboxylic acids is 1. The highest BCUT2D eigenvalue weighted by Gasteiger charge is 2.26. The molecule has 0 spiro atoms. The molecule has 1 heterocycles. The quantitative estimate of drug-likeness (QED) is 0.530. The Balaban J connectivity index is 2.43. The van der Waals surface area contributed by atoms with Gasteiger partial charge in [-0.2, -0.15) is 0 Å². The standard InChI is InChI=1S/C11H18N2O6/c1-6(8-3-2-4-19-8)12-11(18)13-7(10(16)17)5-9(14)15/h6-8H,2-5H2,1H3,(H,14,15)(H,16,17)(H2,12,13,18). The van der Waals surface area contributed by atoms with Crippen molar-refractivity contribution in [3.63, 3.8) is 0 Å². The van der Waals surface area contributed by atoms with E-state index < -0.39 is 30.4 Å². The number of urea groups is 1. The smallest absolute Gasteiger partial charge is 0.326 e. The van der Waals surface area contributed by atoms with Crippen molar-refractivity contribution >= 4 is 18.0 Å². The first-order chi connectivity index (χ1) is 8.90. The SMILES string of the molecule is CC(NC(=O)NC(CC(=O)O)C(=O)O)C1CCCO1. The molecule has 1 fully saturated rings. The van der Waals surface area contributed by atoms with Gasteiger partial charge in [0.2, 0.25) is 0 Å². The summed E-state index contributed by atoms with van der Waals surface area (Å²) >= 11 is 0. The van der Waals surface area contributed by atoms with Crippen LogP contribution in [0.15, 0.2) is 0 Å². The van der Waals surface area contributed by atoms with Crippen molar-refractivity contribution in [1.29, 1.82) is 0 Å². The van der Waals surface area contributed by atoms with E-state index in [0.717, 1.165) is 12.8 Å². The molecule has 4 N–H and O–H groups in total. The van der Waals surface area contributed by atoms with E-state index >= 15 is 0 Å². The van der Waals surface area contributed by atoms with Gasteiger partial charge in [0.05, 0.1) is 18.6 Å². The summed E-state index contributed by atoms with van der Waals surface area (Å²) in [6.45, 7) is 2.40. The predicted molar refractivity (Wildman–Crippen MR) is 63.8 cm³/mol. The Morgan fingerprint density at radius 1 is 1.32 bits per heavy atom. The lowest BCUT2D eigenvalue weighted by molar-refractivity contribution is -0.145. The van der Waals surface area contributed by atoms with Crippen LogP contribution in [0.4, 0.5) is 4.79 Å². The number of hydrogen-bond acceptors (Lipinski definition) is 4. The minimum Gasteiger partial charge on any atom is -0.481 e. The summed E-state index contributed by atoms with van der Waals surface area (Å²) in [6, 6.07) is -2.42. The number of hydrogen-bond donors (Lipinski definition) is 4. The maximum absolute atomic E-state index is 11.6. The van der Waals surface area contributed by atoms with Gasteiger partial charge in [0, 0.05) is 6.61 Å². The van der Waals surface area contributed by atoms with E-state index in [1.165, 1.54) is 0 Å². The van der Waals surface area contributed by atoms with Crippen molar-refractivity contribution in [3.8, 4) is 0 Å². The highest BCUT2D eigenvalue weighted by molar-refractivity contribution is 5.86. The van der Waals surface area contributed by atoms with Crippen LogP contribution in [0.3, 0.4) is 0 Å². The number of carboxylic acids is 2. The minimum atomic E-state index is -1.45. The van der Waals surface area contributed by atoms with Gasteiger partial charge >= 0.3 is 18.0 Å². The largest absolute Gasteiger partial charge is 0.481 e. The van der Waals surface area contributed by atoms with Crippen LogP contribution < -0.4 is 10.6 Å². The first-order valence-corrected chi connectivity index (χ1v) is 6.03. The number of carboxylic acid groups (broad SMARTS) is 2. The van der Waals surface area contributed by atoms with Crippen LogP contribution in [0.1, 0.15) is 26.2 Å².